The van der Waals surface area contributed by atoms with E-state index in [9.17, 15) is 13.2 Å². The maximum atomic E-state index is 12.6. The number of ether oxygens (including phenoxy) is 1. The van der Waals surface area contributed by atoms with Crippen molar-refractivity contribution < 1.29 is 17.9 Å². The Morgan fingerprint density at radius 2 is 2.00 bits per heavy atom. The second-order valence-electron chi connectivity index (χ2n) is 5.88. The first-order valence-corrected chi connectivity index (χ1v) is 9.37. The quantitative estimate of drug-likeness (QED) is 0.740. The summed E-state index contributed by atoms with van der Waals surface area (Å²) in [7, 11) is -2.46. The first-order chi connectivity index (χ1) is 11.0. The molecule has 1 aromatic carbocycles. The summed E-state index contributed by atoms with van der Waals surface area (Å²) in [4.78, 5) is 11.6. The molecule has 0 aromatic heterocycles. The van der Waals surface area contributed by atoms with Crippen LogP contribution in [0.2, 0.25) is 0 Å². The van der Waals surface area contributed by atoms with Gasteiger partial charge in [-0.15, -0.1) is 12.4 Å². The molecule has 0 bridgehead atoms. The number of rotatable bonds is 6. The summed E-state index contributed by atoms with van der Waals surface area (Å²) in [6.45, 7) is 0.264. The molecule has 0 saturated heterocycles. The summed E-state index contributed by atoms with van der Waals surface area (Å²) in [5.74, 6) is -0.294. The average Bonchev–Trinajstić information content (AvgIpc) is 2.60. The molecule has 0 aliphatic heterocycles. The summed E-state index contributed by atoms with van der Waals surface area (Å²) >= 11 is 0. The number of nitrogens with one attached hydrogen (secondary N) is 1. The van der Waals surface area contributed by atoms with Crippen LogP contribution in [0.3, 0.4) is 0 Å². The van der Waals surface area contributed by atoms with E-state index in [2.05, 4.69) is 9.46 Å². The summed E-state index contributed by atoms with van der Waals surface area (Å²) < 4.78 is 32.5. The van der Waals surface area contributed by atoms with Crippen molar-refractivity contribution >= 4 is 28.4 Å². The Morgan fingerprint density at radius 3 is 2.58 bits per heavy atom. The van der Waals surface area contributed by atoms with E-state index >= 15 is 0 Å². The zero-order valence-electron chi connectivity index (χ0n) is 13.7. The lowest BCUT2D eigenvalue weighted by Gasteiger charge is -2.29. The van der Waals surface area contributed by atoms with Gasteiger partial charge >= 0.3 is 5.97 Å². The van der Waals surface area contributed by atoms with E-state index in [0.717, 1.165) is 25.7 Å². The fraction of sp³-hybridized carbons (Fsp3) is 0.562. The largest absolute Gasteiger partial charge is 0.465 e. The third kappa shape index (κ3) is 5.17. The van der Waals surface area contributed by atoms with Gasteiger partial charge in [0.2, 0.25) is 10.0 Å². The molecule has 1 saturated carbocycles. The van der Waals surface area contributed by atoms with Gasteiger partial charge in [-0.3, -0.25) is 0 Å². The van der Waals surface area contributed by atoms with Crippen molar-refractivity contribution in [2.24, 2.45) is 11.7 Å². The van der Waals surface area contributed by atoms with Crippen LogP contribution in [0.1, 0.15) is 42.5 Å². The first kappa shape index (κ1) is 20.9. The maximum absolute atomic E-state index is 12.6. The van der Waals surface area contributed by atoms with E-state index in [1.807, 2.05) is 0 Å². The molecular weight excluding hydrogens is 352 g/mol. The van der Waals surface area contributed by atoms with Crippen molar-refractivity contribution in [1.29, 1.82) is 0 Å². The normalized spacial score (nSPS) is 16.9. The first-order valence-electron chi connectivity index (χ1n) is 7.88. The van der Waals surface area contributed by atoms with Crippen LogP contribution in [0.25, 0.3) is 0 Å². The van der Waals surface area contributed by atoms with Gasteiger partial charge in [-0.1, -0.05) is 25.3 Å². The smallest absolute Gasteiger partial charge is 0.337 e. The second-order valence-corrected chi connectivity index (χ2v) is 7.59. The van der Waals surface area contributed by atoms with E-state index < -0.39 is 16.0 Å². The monoisotopic (exact) mass is 376 g/mol. The fourth-order valence-corrected chi connectivity index (χ4v) is 4.41. The Kier molecular flexibility index (Phi) is 8.15. The minimum atomic E-state index is -3.72. The highest BCUT2D eigenvalue weighted by molar-refractivity contribution is 7.89. The number of sulfonamides is 1. The Morgan fingerprint density at radius 1 is 1.33 bits per heavy atom. The highest BCUT2D eigenvalue weighted by Crippen LogP contribution is 2.27. The Bertz CT molecular complexity index is 645. The van der Waals surface area contributed by atoms with Crippen molar-refractivity contribution in [2.45, 2.75) is 43.0 Å². The minimum absolute atomic E-state index is 0. The lowest BCUT2D eigenvalue weighted by molar-refractivity contribution is 0.0600. The molecule has 6 nitrogen and oxygen atoms in total. The molecule has 1 unspecified atom stereocenters. The highest BCUT2D eigenvalue weighted by atomic mass is 35.5. The van der Waals surface area contributed by atoms with Crippen molar-refractivity contribution in [3.05, 3.63) is 29.8 Å². The molecule has 0 amide bonds. The van der Waals surface area contributed by atoms with Crippen molar-refractivity contribution in [3.8, 4) is 0 Å². The molecular formula is C16H25ClN2O4S. The predicted octanol–water partition coefficient (Wildman–Crippen LogP) is 2.08. The Labute approximate surface area is 149 Å². The number of nitrogens with two attached hydrogens (primary N) is 1. The van der Waals surface area contributed by atoms with Crippen LogP contribution in [0.4, 0.5) is 0 Å². The molecule has 24 heavy (non-hydrogen) atoms. The number of benzene rings is 1. The zero-order valence-corrected chi connectivity index (χ0v) is 15.4. The van der Waals surface area contributed by atoms with Crippen LogP contribution in [0.5, 0.6) is 0 Å². The molecule has 0 radical (unpaired) electrons. The highest BCUT2D eigenvalue weighted by Gasteiger charge is 2.27. The van der Waals surface area contributed by atoms with Gasteiger partial charge in [-0.05, 0) is 37.0 Å². The van der Waals surface area contributed by atoms with Gasteiger partial charge in [-0.2, -0.15) is 0 Å². The standard InChI is InChI=1S/C16H24N2O4S.ClH/c1-22-16(19)13-8-5-9-14(10-13)23(20,21)18-15(11-17)12-6-3-2-4-7-12;/h5,8-10,12,15,18H,2-4,6-7,11,17H2,1H3;1H. The number of hydrogen-bond donors (Lipinski definition) is 2. The molecule has 136 valence electrons. The second kappa shape index (κ2) is 9.36. The number of methoxy groups -OCH3 is 1. The van der Waals surface area contributed by atoms with Gasteiger partial charge in [0.1, 0.15) is 0 Å². The summed E-state index contributed by atoms with van der Waals surface area (Å²) in [5.41, 5.74) is 5.99. The van der Waals surface area contributed by atoms with Crippen LogP contribution in [0.15, 0.2) is 29.2 Å². The molecule has 2 rings (SSSR count). The molecule has 0 spiro atoms. The third-order valence-corrected chi connectivity index (χ3v) is 5.83. The van der Waals surface area contributed by atoms with E-state index in [-0.39, 0.29) is 41.4 Å². The molecule has 8 heteroatoms. The number of carbonyl (C=O) groups is 1. The summed E-state index contributed by atoms with van der Waals surface area (Å²) in [6, 6.07) is 5.55. The van der Waals surface area contributed by atoms with Crippen LogP contribution < -0.4 is 10.5 Å². The van der Waals surface area contributed by atoms with Crippen molar-refractivity contribution in [1.82, 2.24) is 4.72 Å². The molecule has 1 aliphatic rings. The Hall–Kier alpha value is -1.15. The van der Waals surface area contributed by atoms with Crippen molar-refractivity contribution in [2.75, 3.05) is 13.7 Å². The zero-order chi connectivity index (χ0) is 16.9. The molecule has 1 fully saturated rings. The van der Waals surface area contributed by atoms with E-state index in [1.54, 1.807) is 0 Å². The van der Waals surface area contributed by atoms with Crippen LogP contribution in [0, 0.1) is 5.92 Å². The van der Waals surface area contributed by atoms with Crippen LogP contribution in [-0.2, 0) is 14.8 Å². The molecule has 3 N–H and O–H groups in total. The van der Waals surface area contributed by atoms with E-state index in [1.165, 1.54) is 37.8 Å². The third-order valence-electron chi connectivity index (χ3n) is 4.34. The molecule has 1 atom stereocenters. The van der Waals surface area contributed by atoms with Gasteiger partial charge in [-0.25, -0.2) is 17.9 Å². The molecule has 1 aromatic rings. The SMILES string of the molecule is COC(=O)c1cccc(S(=O)(=O)NC(CN)C2CCCCC2)c1.Cl. The lowest BCUT2D eigenvalue weighted by atomic mass is 9.84. The van der Waals surface area contributed by atoms with Crippen LogP contribution in [-0.4, -0.2) is 34.1 Å². The fourth-order valence-electron chi connectivity index (χ4n) is 3.05. The number of esters is 1. The van der Waals surface area contributed by atoms with Crippen LogP contribution >= 0.6 is 12.4 Å². The summed E-state index contributed by atoms with van der Waals surface area (Å²) in [6.07, 6.45) is 5.41. The van der Waals surface area contributed by atoms with Gasteiger partial charge in [0.15, 0.2) is 0 Å². The van der Waals surface area contributed by atoms with Gasteiger partial charge in [0, 0.05) is 12.6 Å². The van der Waals surface area contributed by atoms with Gasteiger partial charge < -0.3 is 10.5 Å². The average molecular weight is 377 g/mol. The van der Waals surface area contributed by atoms with Gasteiger partial charge in [0.05, 0.1) is 17.6 Å². The predicted molar refractivity (Wildman–Crippen MR) is 94.8 cm³/mol. The minimum Gasteiger partial charge on any atom is -0.465 e. The number of halogens is 1. The number of carbonyl (C=O) groups excluding carboxylic acids is 1. The van der Waals surface area contributed by atoms with E-state index in [0.29, 0.717) is 0 Å². The van der Waals surface area contributed by atoms with E-state index in [4.69, 9.17) is 5.73 Å². The lowest BCUT2D eigenvalue weighted by Crippen LogP contribution is -2.45. The maximum Gasteiger partial charge on any atom is 0.337 e. The molecule has 1 aliphatic carbocycles. The summed E-state index contributed by atoms with van der Waals surface area (Å²) in [5, 5.41) is 0. The van der Waals surface area contributed by atoms with Gasteiger partial charge in [0.25, 0.3) is 0 Å². The Balaban J connectivity index is 0.00000288. The molecule has 0 heterocycles. The van der Waals surface area contributed by atoms with Crippen molar-refractivity contribution in [3.63, 3.8) is 0 Å². The topological polar surface area (TPSA) is 98.5 Å². The number of hydrogen-bond acceptors (Lipinski definition) is 5.